The Bertz CT molecular complexity index is 774. The lowest BCUT2D eigenvalue weighted by atomic mass is 10.2. The number of hydrogen-bond acceptors (Lipinski definition) is 5. The lowest BCUT2D eigenvalue weighted by Crippen LogP contribution is -2.26. The number of para-hydroxylation sites is 1. The van der Waals surface area contributed by atoms with Crippen LogP contribution in [0.25, 0.3) is 10.9 Å². The number of fused-ring (bicyclic) bond motifs is 1. The van der Waals surface area contributed by atoms with Crippen LogP contribution in [0.4, 0.5) is 0 Å². The predicted molar refractivity (Wildman–Crippen MR) is 77.1 cm³/mol. The molecule has 0 aliphatic heterocycles. The van der Waals surface area contributed by atoms with Crippen LogP contribution in [0.2, 0.25) is 5.02 Å². The van der Waals surface area contributed by atoms with E-state index in [1.807, 2.05) is 24.3 Å². The van der Waals surface area contributed by atoms with Gasteiger partial charge in [-0.2, -0.15) is 4.98 Å². The van der Waals surface area contributed by atoms with Crippen molar-refractivity contribution in [2.45, 2.75) is 6.42 Å². The monoisotopic (exact) mass is 302 g/mol. The number of nitrogens with zero attached hydrogens (tertiary/aromatic N) is 3. The number of pyridine rings is 1. The van der Waals surface area contributed by atoms with Gasteiger partial charge < -0.3 is 9.84 Å². The van der Waals surface area contributed by atoms with Crippen LogP contribution in [0.1, 0.15) is 16.3 Å². The fourth-order valence-corrected chi connectivity index (χ4v) is 2.19. The van der Waals surface area contributed by atoms with Gasteiger partial charge in [-0.15, -0.1) is 0 Å². The van der Waals surface area contributed by atoms with E-state index in [9.17, 15) is 4.79 Å². The van der Waals surface area contributed by atoms with Gasteiger partial charge in [-0.25, -0.2) is 4.98 Å². The molecule has 3 rings (SSSR count). The van der Waals surface area contributed by atoms with Gasteiger partial charge >= 0.3 is 0 Å². The van der Waals surface area contributed by atoms with Gasteiger partial charge in [0.05, 0.1) is 10.5 Å². The van der Waals surface area contributed by atoms with E-state index < -0.39 is 0 Å². The van der Waals surface area contributed by atoms with E-state index >= 15 is 0 Å². The summed E-state index contributed by atoms with van der Waals surface area (Å²) in [6, 6.07) is 8.97. The predicted octanol–water partition coefficient (Wildman–Crippen LogP) is 2.24. The average Bonchev–Trinajstić information content (AvgIpc) is 3.00. The molecular weight excluding hydrogens is 292 g/mol. The van der Waals surface area contributed by atoms with Crippen molar-refractivity contribution in [1.29, 1.82) is 0 Å². The molecule has 0 saturated heterocycles. The molecule has 106 valence electrons. The van der Waals surface area contributed by atoms with Crippen LogP contribution in [0.15, 0.2) is 41.2 Å². The summed E-state index contributed by atoms with van der Waals surface area (Å²) in [5, 5.41) is 7.74. The van der Waals surface area contributed by atoms with E-state index in [2.05, 4.69) is 25.0 Å². The number of amides is 1. The molecule has 1 N–H and O–H groups in total. The number of benzene rings is 1. The van der Waals surface area contributed by atoms with Gasteiger partial charge in [0.25, 0.3) is 5.91 Å². The Kier molecular flexibility index (Phi) is 3.79. The van der Waals surface area contributed by atoms with Crippen LogP contribution in [-0.4, -0.2) is 27.6 Å². The van der Waals surface area contributed by atoms with Gasteiger partial charge in [-0.3, -0.25) is 4.79 Å². The Morgan fingerprint density at radius 3 is 3.00 bits per heavy atom. The normalized spacial score (nSPS) is 10.7. The first kappa shape index (κ1) is 13.5. The molecule has 7 heteroatoms. The molecule has 21 heavy (non-hydrogen) atoms. The number of halogens is 1. The third-order valence-corrected chi connectivity index (χ3v) is 3.25. The molecular formula is C14H11ClN4O2. The molecule has 0 saturated carbocycles. The summed E-state index contributed by atoms with van der Waals surface area (Å²) < 4.78 is 4.62. The minimum absolute atomic E-state index is 0.284. The van der Waals surface area contributed by atoms with Gasteiger partial charge in [-0.1, -0.05) is 35.0 Å². The van der Waals surface area contributed by atoms with E-state index in [1.54, 1.807) is 6.07 Å². The summed E-state index contributed by atoms with van der Waals surface area (Å²) in [4.78, 5) is 20.3. The molecule has 2 heterocycles. The Hall–Kier alpha value is -2.47. The highest BCUT2D eigenvalue weighted by molar-refractivity contribution is 6.35. The molecule has 0 fully saturated rings. The third-order valence-electron chi connectivity index (χ3n) is 2.94. The smallest absolute Gasteiger partial charge is 0.269 e. The zero-order valence-corrected chi connectivity index (χ0v) is 11.7. The molecule has 0 aliphatic carbocycles. The second-order valence-electron chi connectivity index (χ2n) is 4.36. The zero-order chi connectivity index (χ0) is 14.7. The number of rotatable bonds is 4. The van der Waals surface area contributed by atoms with Crippen molar-refractivity contribution < 1.29 is 9.32 Å². The third kappa shape index (κ3) is 3.00. The Labute approximate surface area is 125 Å². The quantitative estimate of drug-likeness (QED) is 0.799. The number of nitrogens with one attached hydrogen (secondary N) is 1. The Morgan fingerprint density at radius 1 is 1.33 bits per heavy atom. The molecule has 6 nitrogen and oxygen atoms in total. The van der Waals surface area contributed by atoms with Gasteiger partial charge in [0.1, 0.15) is 5.69 Å². The van der Waals surface area contributed by atoms with Crippen LogP contribution in [0.5, 0.6) is 0 Å². The average molecular weight is 303 g/mol. The van der Waals surface area contributed by atoms with Crippen molar-refractivity contribution in [3.05, 3.63) is 53.3 Å². The molecule has 2 aromatic heterocycles. The summed E-state index contributed by atoms with van der Waals surface area (Å²) in [5.41, 5.74) is 0.972. The van der Waals surface area contributed by atoms with E-state index in [-0.39, 0.29) is 11.6 Å². The Balaban J connectivity index is 1.72. The summed E-state index contributed by atoms with van der Waals surface area (Å²) in [6.07, 6.45) is 1.74. The molecule has 1 amide bonds. The zero-order valence-electron chi connectivity index (χ0n) is 10.9. The summed E-state index contributed by atoms with van der Waals surface area (Å²) >= 11 is 6.17. The molecule has 0 unspecified atom stereocenters. The largest absolute Gasteiger partial charge is 0.350 e. The second kappa shape index (κ2) is 5.88. The van der Waals surface area contributed by atoms with Crippen LogP contribution < -0.4 is 5.32 Å². The van der Waals surface area contributed by atoms with Crippen LogP contribution in [0, 0.1) is 0 Å². The molecule has 0 bridgehead atoms. The summed E-state index contributed by atoms with van der Waals surface area (Å²) in [7, 11) is 0. The standard InChI is InChI=1S/C14H11ClN4O2/c15-10-7-12(18-11-4-2-1-3-9(10)11)14(20)16-6-5-13-17-8-21-19-13/h1-4,7-8H,5-6H2,(H,16,20). The number of aromatic nitrogens is 3. The van der Waals surface area contributed by atoms with Crippen molar-refractivity contribution in [1.82, 2.24) is 20.4 Å². The first-order valence-corrected chi connectivity index (χ1v) is 6.70. The van der Waals surface area contributed by atoms with Crippen LogP contribution in [0.3, 0.4) is 0 Å². The minimum atomic E-state index is -0.286. The highest BCUT2D eigenvalue weighted by Gasteiger charge is 2.11. The van der Waals surface area contributed by atoms with E-state index in [1.165, 1.54) is 6.39 Å². The van der Waals surface area contributed by atoms with Crippen molar-refractivity contribution in [3.8, 4) is 0 Å². The molecule has 3 aromatic rings. The van der Waals surface area contributed by atoms with E-state index in [4.69, 9.17) is 11.6 Å². The maximum atomic E-state index is 12.1. The van der Waals surface area contributed by atoms with Crippen molar-refractivity contribution in [2.24, 2.45) is 0 Å². The molecule has 0 radical (unpaired) electrons. The van der Waals surface area contributed by atoms with Crippen molar-refractivity contribution in [3.63, 3.8) is 0 Å². The lowest BCUT2D eigenvalue weighted by Gasteiger charge is -2.06. The second-order valence-corrected chi connectivity index (χ2v) is 4.77. The fraction of sp³-hybridized carbons (Fsp3) is 0.143. The number of carbonyl (C=O) groups is 1. The highest BCUT2D eigenvalue weighted by Crippen LogP contribution is 2.22. The topological polar surface area (TPSA) is 80.9 Å². The van der Waals surface area contributed by atoms with Crippen molar-refractivity contribution >= 4 is 28.4 Å². The summed E-state index contributed by atoms with van der Waals surface area (Å²) in [6.45, 7) is 0.393. The summed E-state index contributed by atoms with van der Waals surface area (Å²) in [5.74, 6) is 0.256. The minimum Gasteiger partial charge on any atom is -0.350 e. The van der Waals surface area contributed by atoms with Gasteiger partial charge in [0.15, 0.2) is 5.82 Å². The number of carbonyl (C=O) groups excluding carboxylic acids is 1. The van der Waals surface area contributed by atoms with Gasteiger partial charge in [0.2, 0.25) is 6.39 Å². The molecule has 0 atom stereocenters. The fourth-order valence-electron chi connectivity index (χ4n) is 1.93. The van der Waals surface area contributed by atoms with E-state index in [0.29, 0.717) is 29.3 Å². The first-order valence-electron chi connectivity index (χ1n) is 6.33. The molecule has 0 spiro atoms. The van der Waals surface area contributed by atoms with Gasteiger partial charge in [-0.05, 0) is 12.1 Å². The maximum Gasteiger partial charge on any atom is 0.269 e. The van der Waals surface area contributed by atoms with E-state index in [0.717, 1.165) is 5.39 Å². The van der Waals surface area contributed by atoms with Crippen LogP contribution in [-0.2, 0) is 6.42 Å². The van der Waals surface area contributed by atoms with Crippen LogP contribution >= 0.6 is 11.6 Å². The van der Waals surface area contributed by atoms with Crippen molar-refractivity contribution in [2.75, 3.05) is 6.54 Å². The number of hydrogen-bond donors (Lipinski definition) is 1. The highest BCUT2D eigenvalue weighted by atomic mass is 35.5. The molecule has 1 aromatic carbocycles. The maximum absolute atomic E-state index is 12.1. The molecule has 0 aliphatic rings. The lowest BCUT2D eigenvalue weighted by molar-refractivity contribution is 0.0949. The van der Waals surface area contributed by atoms with Gasteiger partial charge in [0, 0.05) is 18.4 Å². The SMILES string of the molecule is O=C(NCCc1ncon1)c1cc(Cl)c2ccccc2n1. The Morgan fingerprint density at radius 2 is 2.19 bits per heavy atom. The first-order chi connectivity index (χ1) is 10.2.